The molecule has 0 unspecified atom stereocenters. The minimum atomic E-state index is -1.33. The van der Waals surface area contributed by atoms with Crippen molar-refractivity contribution in [1.82, 2.24) is 4.90 Å². The average Bonchev–Trinajstić information content (AvgIpc) is 2.41. The molecule has 0 aliphatic carbocycles. The summed E-state index contributed by atoms with van der Waals surface area (Å²) in [6, 6.07) is 4.77. The summed E-state index contributed by atoms with van der Waals surface area (Å²) >= 11 is 0. The van der Waals surface area contributed by atoms with Crippen LogP contribution in [0.3, 0.4) is 0 Å². The number of nitrogens with zero attached hydrogens (tertiary/aromatic N) is 2. The predicted molar refractivity (Wildman–Crippen MR) is 69.9 cm³/mol. The molecule has 7 heteroatoms. The Kier molecular flexibility index (Phi) is 5.47. The second-order valence-corrected chi connectivity index (χ2v) is 3.89. The Bertz CT molecular complexity index is 554. The number of amides is 2. The summed E-state index contributed by atoms with van der Waals surface area (Å²) in [6.45, 7) is 2.22. The van der Waals surface area contributed by atoms with Gasteiger partial charge < -0.3 is 15.3 Å². The molecule has 1 aromatic rings. The lowest BCUT2D eigenvalue weighted by Crippen LogP contribution is -2.36. The topological polar surface area (TPSA) is 93.4 Å². The van der Waals surface area contributed by atoms with E-state index < -0.39 is 17.8 Å². The van der Waals surface area contributed by atoms with E-state index in [2.05, 4.69) is 5.32 Å². The average molecular weight is 279 g/mol. The van der Waals surface area contributed by atoms with Crippen LogP contribution in [0.15, 0.2) is 18.2 Å². The number of carbonyl (C=O) groups excluding carboxylic acids is 1. The summed E-state index contributed by atoms with van der Waals surface area (Å²) in [7, 11) is 0. The van der Waals surface area contributed by atoms with Crippen LogP contribution in [0.2, 0.25) is 0 Å². The fourth-order valence-corrected chi connectivity index (χ4v) is 1.60. The molecule has 0 spiro atoms. The van der Waals surface area contributed by atoms with Gasteiger partial charge in [-0.25, -0.2) is 14.0 Å². The van der Waals surface area contributed by atoms with Crippen LogP contribution in [0.4, 0.5) is 14.9 Å². The molecule has 6 nitrogen and oxygen atoms in total. The molecular formula is C13H14FN3O3. The predicted octanol–water partition coefficient (Wildman–Crippen LogP) is 2.29. The number of nitrogens with one attached hydrogen (secondary N) is 1. The molecule has 0 radical (unpaired) electrons. The molecule has 0 heterocycles. The Hall–Kier alpha value is -2.62. The molecule has 0 saturated carbocycles. The van der Waals surface area contributed by atoms with Crippen LogP contribution >= 0.6 is 0 Å². The maximum Gasteiger partial charge on any atom is 0.337 e. The van der Waals surface area contributed by atoms with Gasteiger partial charge in [-0.1, -0.05) is 6.07 Å². The molecule has 0 aliphatic heterocycles. The number of hydrogen-bond acceptors (Lipinski definition) is 3. The van der Waals surface area contributed by atoms with Crippen molar-refractivity contribution in [3.05, 3.63) is 29.6 Å². The van der Waals surface area contributed by atoms with E-state index in [0.29, 0.717) is 6.54 Å². The zero-order valence-corrected chi connectivity index (χ0v) is 10.9. The Labute approximate surface area is 115 Å². The quantitative estimate of drug-likeness (QED) is 0.864. The third-order valence-electron chi connectivity index (χ3n) is 2.64. The number of carboxylic acids is 1. The molecule has 0 aromatic heterocycles. The Morgan fingerprint density at radius 2 is 2.20 bits per heavy atom. The fourth-order valence-electron chi connectivity index (χ4n) is 1.60. The third-order valence-corrected chi connectivity index (χ3v) is 2.64. The highest BCUT2D eigenvalue weighted by Gasteiger charge is 2.19. The zero-order chi connectivity index (χ0) is 15.1. The lowest BCUT2D eigenvalue weighted by Gasteiger charge is -2.20. The third kappa shape index (κ3) is 3.68. The number of anilines is 1. The summed E-state index contributed by atoms with van der Waals surface area (Å²) in [5, 5.41) is 19.7. The van der Waals surface area contributed by atoms with Gasteiger partial charge in [0.15, 0.2) is 0 Å². The van der Waals surface area contributed by atoms with Crippen molar-refractivity contribution in [2.75, 3.05) is 18.4 Å². The van der Waals surface area contributed by atoms with Crippen LogP contribution in [-0.4, -0.2) is 35.1 Å². The molecule has 0 atom stereocenters. The molecule has 0 aliphatic rings. The summed E-state index contributed by atoms with van der Waals surface area (Å²) < 4.78 is 13.6. The summed E-state index contributed by atoms with van der Waals surface area (Å²) in [6.07, 6.45) is 0.143. The fraction of sp³-hybridized carbons (Fsp3) is 0.308. The number of hydrogen-bond donors (Lipinski definition) is 2. The van der Waals surface area contributed by atoms with Crippen LogP contribution in [0.25, 0.3) is 0 Å². The van der Waals surface area contributed by atoms with Crippen molar-refractivity contribution in [3.8, 4) is 6.07 Å². The van der Waals surface area contributed by atoms with Gasteiger partial charge in [-0.3, -0.25) is 0 Å². The normalized spacial score (nSPS) is 9.65. The first-order chi connectivity index (χ1) is 9.51. The molecule has 20 heavy (non-hydrogen) atoms. The number of rotatable bonds is 5. The highest BCUT2D eigenvalue weighted by atomic mass is 19.1. The van der Waals surface area contributed by atoms with Crippen molar-refractivity contribution in [2.45, 2.75) is 13.3 Å². The van der Waals surface area contributed by atoms with Crippen molar-refractivity contribution in [1.29, 1.82) is 5.26 Å². The second-order valence-electron chi connectivity index (χ2n) is 3.89. The minimum absolute atomic E-state index is 0.143. The summed E-state index contributed by atoms with van der Waals surface area (Å²) in [5.41, 5.74) is -0.699. The first-order valence-corrected chi connectivity index (χ1v) is 5.96. The molecule has 1 rings (SSSR count). The molecular weight excluding hydrogens is 265 g/mol. The lowest BCUT2D eigenvalue weighted by molar-refractivity contribution is 0.0697. The number of nitriles is 1. The van der Waals surface area contributed by atoms with Crippen molar-refractivity contribution in [3.63, 3.8) is 0 Å². The van der Waals surface area contributed by atoms with Gasteiger partial charge in [-0.15, -0.1) is 0 Å². The van der Waals surface area contributed by atoms with Crippen LogP contribution in [0.1, 0.15) is 23.7 Å². The molecule has 106 valence electrons. The Balaban J connectivity index is 2.95. The van der Waals surface area contributed by atoms with Crippen molar-refractivity contribution in [2.24, 2.45) is 0 Å². The van der Waals surface area contributed by atoms with E-state index in [4.69, 9.17) is 10.4 Å². The van der Waals surface area contributed by atoms with Crippen LogP contribution < -0.4 is 5.32 Å². The van der Waals surface area contributed by atoms with E-state index in [9.17, 15) is 14.0 Å². The largest absolute Gasteiger partial charge is 0.478 e. The molecule has 1 aromatic carbocycles. The molecule has 0 bridgehead atoms. The second kappa shape index (κ2) is 7.09. The highest BCUT2D eigenvalue weighted by molar-refractivity contribution is 6.00. The number of urea groups is 1. The van der Waals surface area contributed by atoms with Gasteiger partial charge in [-0.05, 0) is 19.1 Å². The molecule has 0 saturated heterocycles. The number of carbonyl (C=O) groups is 2. The van der Waals surface area contributed by atoms with E-state index in [1.54, 1.807) is 6.92 Å². The SMILES string of the molecule is CCN(CCC#N)C(=O)Nc1c(F)cccc1C(=O)O. The monoisotopic (exact) mass is 279 g/mol. The lowest BCUT2D eigenvalue weighted by atomic mass is 10.1. The first-order valence-electron chi connectivity index (χ1n) is 5.96. The van der Waals surface area contributed by atoms with E-state index in [1.165, 1.54) is 17.0 Å². The van der Waals surface area contributed by atoms with Gasteiger partial charge in [0.05, 0.1) is 23.7 Å². The number of halogens is 1. The van der Waals surface area contributed by atoms with Crippen molar-refractivity contribution >= 4 is 17.7 Å². The van der Waals surface area contributed by atoms with Crippen LogP contribution in [0, 0.1) is 17.1 Å². The number of para-hydroxylation sites is 1. The standard InChI is InChI=1S/C13H14FN3O3/c1-2-17(8-4-7-15)13(20)16-11-9(12(18)19)5-3-6-10(11)14/h3,5-6H,2,4,8H2,1H3,(H,16,20)(H,18,19). The van der Waals surface area contributed by atoms with Gasteiger partial charge >= 0.3 is 12.0 Å². The molecule has 2 amide bonds. The molecule has 2 N–H and O–H groups in total. The summed E-state index contributed by atoms with van der Waals surface area (Å²) in [4.78, 5) is 24.2. The van der Waals surface area contributed by atoms with Gasteiger partial charge in [0.1, 0.15) is 5.82 Å². The van der Waals surface area contributed by atoms with E-state index >= 15 is 0 Å². The van der Waals surface area contributed by atoms with Gasteiger partial charge in [0.25, 0.3) is 0 Å². The van der Waals surface area contributed by atoms with Gasteiger partial charge in [-0.2, -0.15) is 5.26 Å². The van der Waals surface area contributed by atoms with Crippen LogP contribution in [-0.2, 0) is 0 Å². The Morgan fingerprint density at radius 1 is 1.50 bits per heavy atom. The molecule has 0 fully saturated rings. The highest BCUT2D eigenvalue weighted by Crippen LogP contribution is 2.20. The zero-order valence-electron chi connectivity index (χ0n) is 10.9. The summed E-state index contributed by atoms with van der Waals surface area (Å²) in [5.74, 6) is -2.16. The number of aromatic carboxylic acids is 1. The smallest absolute Gasteiger partial charge is 0.337 e. The van der Waals surface area contributed by atoms with Crippen molar-refractivity contribution < 1.29 is 19.1 Å². The van der Waals surface area contributed by atoms with E-state index in [-0.39, 0.29) is 24.2 Å². The maximum absolute atomic E-state index is 13.6. The number of benzene rings is 1. The Morgan fingerprint density at radius 3 is 2.75 bits per heavy atom. The van der Waals surface area contributed by atoms with Crippen LogP contribution in [0.5, 0.6) is 0 Å². The van der Waals surface area contributed by atoms with E-state index in [0.717, 1.165) is 6.07 Å². The number of carboxylic acid groups (broad SMARTS) is 1. The van der Waals surface area contributed by atoms with Gasteiger partial charge in [0, 0.05) is 13.1 Å². The van der Waals surface area contributed by atoms with Gasteiger partial charge in [0.2, 0.25) is 0 Å². The van der Waals surface area contributed by atoms with E-state index in [1.807, 2.05) is 6.07 Å². The minimum Gasteiger partial charge on any atom is -0.478 e. The first kappa shape index (κ1) is 15.4. The maximum atomic E-state index is 13.6.